The number of carbonyl (C=O) groups excluding carboxylic acids is 1. The molecule has 3 aliphatic rings. The molecule has 3 saturated heterocycles. The molecule has 1 aromatic rings. The average Bonchev–Trinajstić information content (AvgIpc) is 2.64. The lowest BCUT2D eigenvalue weighted by molar-refractivity contribution is -0.0371. The van der Waals surface area contributed by atoms with Gasteiger partial charge in [0.05, 0.1) is 0 Å². The Balaban J connectivity index is 1.45. The summed E-state index contributed by atoms with van der Waals surface area (Å²) in [5, 5.41) is 7.46. The molecule has 3 fully saturated rings. The Kier molecular flexibility index (Phi) is 5.03. The van der Waals surface area contributed by atoms with Crippen LogP contribution in [-0.2, 0) is 0 Å². The number of rotatable bonds is 3. The number of piperidine rings is 3. The lowest BCUT2D eigenvalue weighted by Crippen LogP contribution is -2.65. The number of aryl methyl sites for hydroxylation is 1. The summed E-state index contributed by atoms with van der Waals surface area (Å²) in [6.45, 7) is 6.12. The maximum atomic E-state index is 12.6. The first kappa shape index (κ1) is 17.3. The largest absolute Gasteiger partial charge is 0.350 e. The number of fused-ring (bicyclic) bond motifs is 4. The molecule has 3 aliphatic heterocycles. The summed E-state index contributed by atoms with van der Waals surface area (Å²) in [6, 6.07) is 6.70. The van der Waals surface area contributed by atoms with Gasteiger partial charge in [-0.05, 0) is 75.4 Å². The number of nitrogens with zero attached hydrogens (tertiary/aromatic N) is 1. The monoisotopic (exact) mass is 361 g/mol. The lowest BCUT2D eigenvalue weighted by atomic mass is 9.73. The summed E-state index contributed by atoms with van der Waals surface area (Å²) >= 11 is 6.17. The van der Waals surface area contributed by atoms with E-state index in [4.69, 9.17) is 11.6 Å². The zero-order valence-corrected chi connectivity index (χ0v) is 15.7. The van der Waals surface area contributed by atoms with Gasteiger partial charge in [-0.2, -0.15) is 0 Å². The van der Waals surface area contributed by atoms with Crippen LogP contribution in [0.15, 0.2) is 18.2 Å². The summed E-state index contributed by atoms with van der Waals surface area (Å²) in [6.07, 6.45) is 5.27. The van der Waals surface area contributed by atoms with E-state index in [2.05, 4.69) is 15.5 Å². The van der Waals surface area contributed by atoms with Crippen LogP contribution in [0.1, 0.15) is 41.6 Å². The van der Waals surface area contributed by atoms with Gasteiger partial charge in [-0.3, -0.25) is 9.69 Å². The normalized spacial score (nSPS) is 32.1. The molecule has 2 N–H and O–H groups in total. The summed E-state index contributed by atoms with van der Waals surface area (Å²) < 4.78 is 0. The van der Waals surface area contributed by atoms with Crippen molar-refractivity contribution in [3.63, 3.8) is 0 Å². The number of hydrogen-bond donors (Lipinski definition) is 2. The van der Waals surface area contributed by atoms with E-state index in [9.17, 15) is 4.79 Å². The Morgan fingerprint density at radius 1 is 1.32 bits per heavy atom. The van der Waals surface area contributed by atoms with E-state index in [1.165, 1.54) is 38.8 Å². The highest BCUT2D eigenvalue weighted by molar-refractivity contribution is 6.31. The molecular formula is C20H28ClN3O. The molecule has 0 aromatic heterocycles. The molecule has 0 aliphatic carbocycles. The molecule has 0 radical (unpaired) electrons. The minimum atomic E-state index is -0.0126. The van der Waals surface area contributed by atoms with Gasteiger partial charge < -0.3 is 10.6 Å². The Morgan fingerprint density at radius 3 is 3.00 bits per heavy atom. The molecule has 2 bridgehead atoms. The molecule has 0 spiro atoms. The molecule has 3 heterocycles. The van der Waals surface area contributed by atoms with Gasteiger partial charge in [0, 0.05) is 29.2 Å². The first-order chi connectivity index (χ1) is 12.1. The maximum absolute atomic E-state index is 12.6. The molecule has 5 heteroatoms. The van der Waals surface area contributed by atoms with Crippen LogP contribution in [0.5, 0.6) is 0 Å². The molecule has 4 atom stereocenters. The second-order valence-corrected chi connectivity index (χ2v) is 8.36. The van der Waals surface area contributed by atoms with E-state index in [-0.39, 0.29) is 5.91 Å². The van der Waals surface area contributed by atoms with E-state index in [0.717, 1.165) is 24.6 Å². The summed E-state index contributed by atoms with van der Waals surface area (Å²) in [7, 11) is 0. The van der Waals surface area contributed by atoms with Gasteiger partial charge >= 0.3 is 0 Å². The highest BCUT2D eigenvalue weighted by Gasteiger charge is 2.45. The summed E-state index contributed by atoms with van der Waals surface area (Å²) in [4.78, 5) is 15.3. The van der Waals surface area contributed by atoms with Crippen LogP contribution in [0.3, 0.4) is 0 Å². The van der Waals surface area contributed by atoms with Crippen LogP contribution in [0.25, 0.3) is 0 Å². The fourth-order valence-corrected chi connectivity index (χ4v) is 5.26. The topological polar surface area (TPSA) is 44.4 Å². The van der Waals surface area contributed by atoms with Gasteiger partial charge in [0.25, 0.3) is 5.91 Å². The molecule has 25 heavy (non-hydrogen) atoms. The van der Waals surface area contributed by atoms with Crippen LogP contribution in [0, 0.1) is 18.8 Å². The van der Waals surface area contributed by atoms with Crippen molar-refractivity contribution >= 4 is 17.5 Å². The van der Waals surface area contributed by atoms with Gasteiger partial charge in [-0.15, -0.1) is 0 Å². The maximum Gasteiger partial charge on any atom is 0.251 e. The summed E-state index contributed by atoms with van der Waals surface area (Å²) in [5.74, 6) is 1.43. The first-order valence-corrected chi connectivity index (χ1v) is 10.0. The van der Waals surface area contributed by atoms with Crippen LogP contribution in [-0.4, -0.2) is 49.1 Å². The molecule has 0 saturated carbocycles. The van der Waals surface area contributed by atoms with E-state index < -0.39 is 0 Å². The average molecular weight is 362 g/mol. The smallest absolute Gasteiger partial charge is 0.251 e. The van der Waals surface area contributed by atoms with Crippen LogP contribution in [0.2, 0.25) is 5.02 Å². The Labute approximate surface area is 155 Å². The van der Waals surface area contributed by atoms with E-state index in [1.54, 1.807) is 6.07 Å². The minimum Gasteiger partial charge on any atom is -0.350 e. The van der Waals surface area contributed by atoms with Crippen molar-refractivity contribution in [1.29, 1.82) is 0 Å². The molecule has 4 nitrogen and oxygen atoms in total. The lowest BCUT2D eigenvalue weighted by Gasteiger charge is -2.55. The van der Waals surface area contributed by atoms with Gasteiger partial charge in [0.2, 0.25) is 0 Å². The van der Waals surface area contributed by atoms with Crippen molar-refractivity contribution in [3.05, 3.63) is 34.3 Å². The fourth-order valence-electron chi connectivity index (χ4n) is 5.08. The first-order valence-electron chi connectivity index (χ1n) is 9.64. The molecule has 136 valence electrons. The number of carbonyl (C=O) groups is 1. The van der Waals surface area contributed by atoms with Gasteiger partial charge in [0.1, 0.15) is 0 Å². The number of nitrogens with one attached hydrogen (secondary N) is 2. The van der Waals surface area contributed by atoms with Gasteiger partial charge in [-0.25, -0.2) is 0 Å². The molecule has 1 amide bonds. The third-order valence-electron chi connectivity index (χ3n) is 6.43. The zero-order valence-electron chi connectivity index (χ0n) is 14.9. The van der Waals surface area contributed by atoms with Crippen LogP contribution >= 0.6 is 11.6 Å². The van der Waals surface area contributed by atoms with Crippen molar-refractivity contribution in [3.8, 4) is 0 Å². The SMILES string of the molecule is Cc1ccc(C(=O)NC[C@H]2[C@@H]3CNC[C@@H](C3)[C@@H]3CCCCN32)cc1Cl. The Morgan fingerprint density at radius 2 is 2.16 bits per heavy atom. The quantitative estimate of drug-likeness (QED) is 0.870. The van der Waals surface area contributed by atoms with Crippen molar-refractivity contribution < 1.29 is 4.79 Å². The standard InChI is InChI=1S/C20H28ClN3O/c1-13-5-6-14(9-17(13)21)20(25)23-12-19-16-8-15(10-22-11-16)18-4-2-3-7-24(18)19/h5-6,9,15-16,18-19,22H,2-4,7-8,10-12H2,1H3,(H,23,25)/t15-,16+,18+,19+/m1/s1. The van der Waals surface area contributed by atoms with Crippen molar-refractivity contribution in [2.24, 2.45) is 11.8 Å². The third-order valence-corrected chi connectivity index (χ3v) is 6.84. The second kappa shape index (κ2) is 7.26. The van der Waals surface area contributed by atoms with Crippen molar-refractivity contribution in [1.82, 2.24) is 15.5 Å². The molecule has 4 rings (SSSR count). The van der Waals surface area contributed by atoms with Crippen molar-refractivity contribution in [2.45, 2.75) is 44.7 Å². The van der Waals surface area contributed by atoms with Gasteiger partial charge in [0.15, 0.2) is 0 Å². The van der Waals surface area contributed by atoms with Crippen LogP contribution < -0.4 is 10.6 Å². The van der Waals surface area contributed by atoms with E-state index >= 15 is 0 Å². The Hall–Kier alpha value is -1.10. The number of hydrogen-bond acceptors (Lipinski definition) is 3. The Bertz CT molecular complexity index is 650. The molecule has 0 unspecified atom stereocenters. The number of amides is 1. The highest BCUT2D eigenvalue weighted by Crippen LogP contribution is 2.38. The summed E-state index contributed by atoms with van der Waals surface area (Å²) in [5.41, 5.74) is 1.65. The molecular weight excluding hydrogens is 334 g/mol. The van der Waals surface area contributed by atoms with E-state index in [1.807, 2.05) is 19.1 Å². The van der Waals surface area contributed by atoms with Crippen molar-refractivity contribution in [2.75, 3.05) is 26.2 Å². The minimum absolute atomic E-state index is 0.0126. The zero-order chi connectivity index (χ0) is 17.4. The van der Waals surface area contributed by atoms with E-state index in [0.29, 0.717) is 28.6 Å². The van der Waals surface area contributed by atoms with Crippen LogP contribution in [0.4, 0.5) is 0 Å². The predicted octanol–water partition coefficient (Wildman–Crippen LogP) is 2.84. The molecule has 1 aromatic carbocycles. The fraction of sp³-hybridized carbons (Fsp3) is 0.650. The predicted molar refractivity (Wildman–Crippen MR) is 101 cm³/mol. The number of halogens is 1. The van der Waals surface area contributed by atoms with Gasteiger partial charge in [-0.1, -0.05) is 24.1 Å². The second-order valence-electron chi connectivity index (χ2n) is 7.96. The number of benzene rings is 1. The highest BCUT2D eigenvalue weighted by atomic mass is 35.5. The third kappa shape index (κ3) is 3.44.